The standard InChI is InChI=1S/C15H18IN3O3/c1-17-15(22)12-7-4-8-19(12)13(20)9-18-14(21)10-5-2-3-6-11(10)16/h2-3,5-6,12H,4,7-9H2,1H3,(H,17,22)(H,18,21). The Balaban J connectivity index is 1.94. The van der Waals surface area contributed by atoms with E-state index in [1.807, 2.05) is 12.1 Å². The molecule has 0 radical (unpaired) electrons. The van der Waals surface area contributed by atoms with Crippen LogP contribution in [0.2, 0.25) is 0 Å². The number of nitrogens with zero attached hydrogens (tertiary/aromatic N) is 1. The molecule has 1 fully saturated rings. The minimum absolute atomic E-state index is 0.0999. The summed E-state index contributed by atoms with van der Waals surface area (Å²) >= 11 is 2.08. The van der Waals surface area contributed by atoms with E-state index in [9.17, 15) is 14.4 Å². The molecule has 0 aliphatic carbocycles. The summed E-state index contributed by atoms with van der Waals surface area (Å²) in [5.74, 6) is -0.672. The van der Waals surface area contributed by atoms with Gasteiger partial charge in [-0.05, 0) is 47.6 Å². The number of hydrogen-bond acceptors (Lipinski definition) is 3. The van der Waals surface area contributed by atoms with Crippen LogP contribution in [-0.2, 0) is 9.59 Å². The molecule has 0 spiro atoms. The minimum Gasteiger partial charge on any atom is -0.357 e. The third-order valence-electron chi connectivity index (χ3n) is 3.64. The SMILES string of the molecule is CNC(=O)C1CCCN1C(=O)CNC(=O)c1ccccc1I. The molecule has 0 saturated carbocycles. The quantitative estimate of drug-likeness (QED) is 0.713. The van der Waals surface area contributed by atoms with Crippen molar-refractivity contribution in [1.82, 2.24) is 15.5 Å². The van der Waals surface area contributed by atoms with Crippen LogP contribution in [-0.4, -0.2) is 48.8 Å². The molecule has 7 heteroatoms. The number of rotatable bonds is 4. The molecule has 1 aromatic rings. The fourth-order valence-electron chi connectivity index (χ4n) is 2.50. The van der Waals surface area contributed by atoms with Crippen LogP contribution in [0.5, 0.6) is 0 Å². The van der Waals surface area contributed by atoms with Crippen molar-refractivity contribution >= 4 is 40.3 Å². The van der Waals surface area contributed by atoms with Gasteiger partial charge in [-0.3, -0.25) is 14.4 Å². The summed E-state index contributed by atoms with van der Waals surface area (Å²) in [6, 6.07) is 6.75. The van der Waals surface area contributed by atoms with Crippen LogP contribution in [0.25, 0.3) is 0 Å². The lowest BCUT2D eigenvalue weighted by Gasteiger charge is -2.23. The van der Waals surface area contributed by atoms with Gasteiger partial charge in [-0.15, -0.1) is 0 Å². The number of amides is 3. The molecular formula is C15H18IN3O3. The van der Waals surface area contributed by atoms with E-state index in [2.05, 4.69) is 33.2 Å². The van der Waals surface area contributed by atoms with Crippen molar-refractivity contribution in [3.05, 3.63) is 33.4 Å². The summed E-state index contributed by atoms with van der Waals surface area (Å²) in [6.45, 7) is 0.451. The van der Waals surface area contributed by atoms with Gasteiger partial charge in [-0.1, -0.05) is 12.1 Å². The van der Waals surface area contributed by atoms with E-state index in [0.29, 0.717) is 18.5 Å². The van der Waals surface area contributed by atoms with Crippen LogP contribution in [0.3, 0.4) is 0 Å². The monoisotopic (exact) mass is 415 g/mol. The van der Waals surface area contributed by atoms with Crippen molar-refractivity contribution < 1.29 is 14.4 Å². The third kappa shape index (κ3) is 3.76. The number of benzene rings is 1. The van der Waals surface area contributed by atoms with Crippen molar-refractivity contribution in [2.24, 2.45) is 0 Å². The Morgan fingerprint density at radius 2 is 2.05 bits per heavy atom. The zero-order valence-corrected chi connectivity index (χ0v) is 14.4. The largest absolute Gasteiger partial charge is 0.357 e. The van der Waals surface area contributed by atoms with E-state index in [1.165, 1.54) is 4.90 Å². The van der Waals surface area contributed by atoms with Gasteiger partial charge < -0.3 is 15.5 Å². The zero-order chi connectivity index (χ0) is 16.1. The van der Waals surface area contributed by atoms with Crippen LogP contribution < -0.4 is 10.6 Å². The molecule has 1 aromatic carbocycles. The molecule has 1 aliphatic rings. The van der Waals surface area contributed by atoms with Crippen molar-refractivity contribution in [3.8, 4) is 0 Å². The number of halogens is 1. The summed E-state index contributed by atoms with van der Waals surface area (Å²) in [7, 11) is 1.56. The van der Waals surface area contributed by atoms with Gasteiger partial charge in [0.1, 0.15) is 6.04 Å². The van der Waals surface area contributed by atoms with Crippen molar-refractivity contribution in [2.75, 3.05) is 20.1 Å². The van der Waals surface area contributed by atoms with Crippen LogP contribution in [0.4, 0.5) is 0 Å². The van der Waals surface area contributed by atoms with E-state index in [4.69, 9.17) is 0 Å². The predicted molar refractivity (Wildman–Crippen MR) is 90.3 cm³/mol. The molecule has 1 heterocycles. The Labute approximate surface area is 142 Å². The van der Waals surface area contributed by atoms with Crippen molar-refractivity contribution in [2.45, 2.75) is 18.9 Å². The summed E-state index contributed by atoms with van der Waals surface area (Å²) < 4.78 is 0.828. The van der Waals surface area contributed by atoms with Gasteiger partial charge in [0.25, 0.3) is 5.91 Å². The summed E-state index contributed by atoms with van der Waals surface area (Å²) in [5.41, 5.74) is 0.542. The fourth-order valence-corrected chi connectivity index (χ4v) is 3.13. The number of carbonyl (C=O) groups excluding carboxylic acids is 3. The highest BCUT2D eigenvalue weighted by molar-refractivity contribution is 14.1. The third-order valence-corrected chi connectivity index (χ3v) is 4.58. The highest BCUT2D eigenvalue weighted by Gasteiger charge is 2.33. The van der Waals surface area contributed by atoms with Crippen LogP contribution in [0, 0.1) is 3.57 Å². The normalized spacial score (nSPS) is 17.2. The number of nitrogens with one attached hydrogen (secondary N) is 2. The molecule has 6 nitrogen and oxygen atoms in total. The fraction of sp³-hybridized carbons (Fsp3) is 0.400. The first-order valence-corrected chi connectivity index (χ1v) is 8.16. The Bertz CT molecular complexity index is 591. The van der Waals surface area contributed by atoms with Gasteiger partial charge in [-0.25, -0.2) is 0 Å². The van der Waals surface area contributed by atoms with Crippen molar-refractivity contribution in [1.29, 1.82) is 0 Å². The van der Waals surface area contributed by atoms with E-state index < -0.39 is 6.04 Å². The Morgan fingerprint density at radius 1 is 1.32 bits per heavy atom. The van der Waals surface area contributed by atoms with Gasteiger partial charge >= 0.3 is 0 Å². The second kappa shape index (κ2) is 7.57. The van der Waals surface area contributed by atoms with E-state index in [-0.39, 0.29) is 24.3 Å². The summed E-state index contributed by atoms with van der Waals surface area (Å²) in [5, 5.41) is 5.20. The van der Waals surface area contributed by atoms with E-state index in [1.54, 1.807) is 19.2 Å². The lowest BCUT2D eigenvalue weighted by molar-refractivity contribution is -0.137. The molecule has 2 N–H and O–H groups in total. The van der Waals surface area contributed by atoms with Crippen LogP contribution in [0.15, 0.2) is 24.3 Å². The second-order valence-electron chi connectivity index (χ2n) is 5.02. The smallest absolute Gasteiger partial charge is 0.252 e. The Hall–Kier alpha value is -1.64. The minimum atomic E-state index is -0.425. The summed E-state index contributed by atoms with van der Waals surface area (Å²) in [4.78, 5) is 37.6. The molecule has 1 unspecified atom stereocenters. The van der Waals surface area contributed by atoms with E-state index in [0.717, 1.165) is 9.99 Å². The molecule has 0 aromatic heterocycles. The second-order valence-corrected chi connectivity index (χ2v) is 6.18. The highest BCUT2D eigenvalue weighted by Crippen LogP contribution is 2.17. The average molecular weight is 415 g/mol. The molecule has 1 aliphatic heterocycles. The van der Waals surface area contributed by atoms with Gasteiger partial charge in [0.15, 0.2) is 0 Å². The number of likely N-dealkylation sites (tertiary alicyclic amines) is 1. The first-order chi connectivity index (χ1) is 10.5. The lowest BCUT2D eigenvalue weighted by atomic mass is 10.2. The number of likely N-dealkylation sites (N-methyl/N-ethyl adjacent to an activating group) is 1. The lowest BCUT2D eigenvalue weighted by Crippen LogP contribution is -2.48. The first-order valence-electron chi connectivity index (χ1n) is 7.08. The topological polar surface area (TPSA) is 78.5 Å². The maximum Gasteiger partial charge on any atom is 0.252 e. The van der Waals surface area contributed by atoms with Crippen LogP contribution in [0.1, 0.15) is 23.2 Å². The first kappa shape index (κ1) is 16.7. The molecule has 0 bridgehead atoms. The Morgan fingerprint density at radius 3 is 2.73 bits per heavy atom. The maximum absolute atomic E-state index is 12.2. The van der Waals surface area contributed by atoms with E-state index >= 15 is 0 Å². The number of carbonyl (C=O) groups is 3. The zero-order valence-electron chi connectivity index (χ0n) is 12.3. The van der Waals surface area contributed by atoms with Gasteiger partial charge in [-0.2, -0.15) is 0 Å². The number of hydrogen-bond donors (Lipinski definition) is 2. The molecule has 1 saturated heterocycles. The molecule has 22 heavy (non-hydrogen) atoms. The molecule has 2 rings (SSSR count). The average Bonchev–Trinajstić information content (AvgIpc) is 3.01. The molecule has 3 amide bonds. The van der Waals surface area contributed by atoms with Gasteiger partial charge in [0, 0.05) is 17.2 Å². The van der Waals surface area contributed by atoms with Gasteiger partial charge in [0.2, 0.25) is 11.8 Å². The van der Waals surface area contributed by atoms with Crippen LogP contribution >= 0.6 is 22.6 Å². The van der Waals surface area contributed by atoms with Crippen molar-refractivity contribution in [3.63, 3.8) is 0 Å². The summed E-state index contributed by atoms with van der Waals surface area (Å²) in [6.07, 6.45) is 1.46. The molecular weight excluding hydrogens is 397 g/mol. The highest BCUT2D eigenvalue weighted by atomic mass is 127. The maximum atomic E-state index is 12.2. The van der Waals surface area contributed by atoms with Gasteiger partial charge in [0.05, 0.1) is 12.1 Å². The molecule has 1 atom stereocenters. The predicted octanol–water partition coefficient (Wildman–Crippen LogP) is 0.758. The molecule has 118 valence electrons. The Kier molecular flexibility index (Phi) is 5.76.